The molecule has 0 amide bonds. The molecule has 0 aliphatic rings. The second-order valence-corrected chi connectivity index (χ2v) is 5.13. The number of hydrogen-bond donors (Lipinski definition) is 1. The van der Waals surface area contributed by atoms with E-state index in [1.165, 1.54) is 16.8 Å². The van der Waals surface area contributed by atoms with Crippen LogP contribution in [0.5, 0.6) is 0 Å². The summed E-state index contributed by atoms with van der Waals surface area (Å²) in [5, 5.41) is 8.27. The fourth-order valence-corrected chi connectivity index (χ4v) is 2.59. The molecule has 0 bridgehead atoms. The molecule has 0 saturated heterocycles. The van der Waals surface area contributed by atoms with Crippen LogP contribution in [0.2, 0.25) is 0 Å². The summed E-state index contributed by atoms with van der Waals surface area (Å²) in [4.78, 5) is 0. The molecule has 1 N–H and O–H groups in total. The fraction of sp³-hybridized carbons (Fsp3) is 0.471. The maximum Gasteiger partial charge on any atom is 0.0748 e. The summed E-state index contributed by atoms with van der Waals surface area (Å²) in [5.74, 6) is 0. The molecule has 3 heteroatoms. The maximum absolute atomic E-state index is 4.67. The van der Waals surface area contributed by atoms with Gasteiger partial charge in [-0.15, -0.1) is 0 Å². The van der Waals surface area contributed by atoms with E-state index in [9.17, 15) is 0 Å². The molecule has 0 aliphatic heterocycles. The number of aryl methyl sites for hydroxylation is 3. The van der Waals surface area contributed by atoms with Gasteiger partial charge in [0.05, 0.1) is 17.4 Å². The van der Waals surface area contributed by atoms with Gasteiger partial charge in [-0.3, -0.25) is 4.68 Å². The lowest BCUT2D eigenvalue weighted by atomic mass is 10.0. The fourth-order valence-electron chi connectivity index (χ4n) is 2.59. The van der Waals surface area contributed by atoms with Crippen LogP contribution in [0.1, 0.15) is 49.3 Å². The van der Waals surface area contributed by atoms with Crippen LogP contribution in [0.4, 0.5) is 0 Å². The zero-order valence-electron chi connectivity index (χ0n) is 13.0. The predicted octanol–water partition coefficient (Wildman–Crippen LogP) is 3.47. The molecular formula is C17H25N3. The van der Waals surface area contributed by atoms with Crippen LogP contribution in [-0.2, 0) is 13.0 Å². The van der Waals surface area contributed by atoms with Crippen molar-refractivity contribution in [2.45, 2.75) is 46.7 Å². The Balaban J connectivity index is 2.45. The molecule has 0 spiro atoms. The van der Waals surface area contributed by atoms with Crippen LogP contribution >= 0.6 is 0 Å². The van der Waals surface area contributed by atoms with E-state index < -0.39 is 0 Å². The normalized spacial score (nSPS) is 12.6. The first-order chi connectivity index (χ1) is 9.69. The van der Waals surface area contributed by atoms with Crippen LogP contribution in [0, 0.1) is 6.92 Å². The van der Waals surface area contributed by atoms with Crippen LogP contribution in [0.3, 0.4) is 0 Å². The third-order valence-electron chi connectivity index (χ3n) is 3.60. The van der Waals surface area contributed by atoms with Crippen LogP contribution in [0.25, 0.3) is 0 Å². The van der Waals surface area contributed by atoms with Gasteiger partial charge in [-0.05, 0) is 38.4 Å². The second-order valence-electron chi connectivity index (χ2n) is 5.13. The van der Waals surface area contributed by atoms with Crippen LogP contribution in [-0.4, -0.2) is 16.3 Å². The molecule has 3 nitrogen and oxygen atoms in total. The van der Waals surface area contributed by atoms with Crippen LogP contribution in [0.15, 0.2) is 30.3 Å². The Hall–Kier alpha value is -1.61. The summed E-state index contributed by atoms with van der Waals surface area (Å²) in [6.45, 7) is 10.4. The smallest absolute Gasteiger partial charge is 0.0748 e. The van der Waals surface area contributed by atoms with Crippen molar-refractivity contribution in [2.75, 3.05) is 6.54 Å². The van der Waals surface area contributed by atoms with Gasteiger partial charge in [-0.1, -0.05) is 43.7 Å². The Bertz CT molecular complexity index is 557. The van der Waals surface area contributed by atoms with E-state index in [0.717, 1.165) is 25.2 Å². The van der Waals surface area contributed by atoms with Crippen molar-refractivity contribution in [3.05, 3.63) is 52.8 Å². The Morgan fingerprint density at radius 2 is 2.00 bits per heavy atom. The summed E-state index contributed by atoms with van der Waals surface area (Å²) in [5.41, 5.74) is 5.03. The highest BCUT2D eigenvalue weighted by Gasteiger charge is 2.18. The van der Waals surface area contributed by atoms with E-state index in [4.69, 9.17) is 0 Å². The van der Waals surface area contributed by atoms with E-state index in [2.05, 4.69) is 73.1 Å². The van der Waals surface area contributed by atoms with Crippen molar-refractivity contribution in [3.63, 3.8) is 0 Å². The first-order valence-electron chi connectivity index (χ1n) is 7.56. The zero-order valence-corrected chi connectivity index (χ0v) is 13.0. The van der Waals surface area contributed by atoms with Gasteiger partial charge >= 0.3 is 0 Å². The molecule has 108 valence electrons. The Morgan fingerprint density at radius 1 is 1.20 bits per heavy atom. The number of aromatic nitrogens is 2. The molecule has 1 atom stereocenters. The standard InChI is InChI=1S/C17H25N3/c1-5-15-12-16(20(7-3)19-15)17(18-6-2)14-10-8-9-13(4)11-14/h8-12,17-18H,5-7H2,1-4H3. The molecule has 1 unspecified atom stereocenters. The van der Waals surface area contributed by atoms with Gasteiger partial charge in [0.2, 0.25) is 0 Å². The first-order valence-corrected chi connectivity index (χ1v) is 7.56. The topological polar surface area (TPSA) is 29.9 Å². The monoisotopic (exact) mass is 271 g/mol. The van der Waals surface area contributed by atoms with Gasteiger partial charge in [0.1, 0.15) is 0 Å². The number of nitrogens with zero attached hydrogens (tertiary/aromatic N) is 2. The van der Waals surface area contributed by atoms with E-state index in [1.54, 1.807) is 0 Å². The Kier molecular flexibility index (Phi) is 4.96. The SMILES string of the molecule is CCNC(c1cccc(C)c1)c1cc(CC)nn1CC. The quantitative estimate of drug-likeness (QED) is 0.872. The third-order valence-corrected chi connectivity index (χ3v) is 3.60. The van der Waals surface area contributed by atoms with Crippen LogP contribution < -0.4 is 5.32 Å². The van der Waals surface area contributed by atoms with Crippen molar-refractivity contribution < 1.29 is 0 Å². The highest BCUT2D eigenvalue weighted by atomic mass is 15.3. The largest absolute Gasteiger partial charge is 0.305 e. The van der Waals surface area contributed by atoms with Crippen molar-refractivity contribution in [1.29, 1.82) is 0 Å². The molecule has 0 aliphatic carbocycles. The van der Waals surface area contributed by atoms with Crippen molar-refractivity contribution in [3.8, 4) is 0 Å². The Morgan fingerprint density at radius 3 is 2.60 bits per heavy atom. The van der Waals surface area contributed by atoms with Gasteiger partial charge in [-0.2, -0.15) is 5.10 Å². The van der Waals surface area contributed by atoms with Crippen molar-refractivity contribution in [2.24, 2.45) is 0 Å². The van der Waals surface area contributed by atoms with Crippen molar-refractivity contribution >= 4 is 0 Å². The molecule has 0 saturated carbocycles. The van der Waals surface area contributed by atoms with E-state index in [0.29, 0.717) is 0 Å². The molecule has 1 aromatic heterocycles. The third kappa shape index (κ3) is 3.10. The zero-order chi connectivity index (χ0) is 14.5. The first kappa shape index (κ1) is 14.8. The minimum absolute atomic E-state index is 0.215. The summed E-state index contributed by atoms with van der Waals surface area (Å²) < 4.78 is 2.12. The summed E-state index contributed by atoms with van der Waals surface area (Å²) in [7, 11) is 0. The van der Waals surface area contributed by atoms with Gasteiger partial charge in [0.25, 0.3) is 0 Å². The molecule has 20 heavy (non-hydrogen) atoms. The van der Waals surface area contributed by atoms with Gasteiger partial charge in [-0.25, -0.2) is 0 Å². The number of nitrogens with one attached hydrogen (secondary N) is 1. The molecule has 0 fully saturated rings. The lowest BCUT2D eigenvalue weighted by Crippen LogP contribution is -2.24. The van der Waals surface area contributed by atoms with E-state index >= 15 is 0 Å². The van der Waals surface area contributed by atoms with Gasteiger partial charge in [0.15, 0.2) is 0 Å². The molecule has 1 aromatic carbocycles. The lowest BCUT2D eigenvalue weighted by Gasteiger charge is -2.20. The van der Waals surface area contributed by atoms with Crippen molar-refractivity contribution in [1.82, 2.24) is 15.1 Å². The maximum atomic E-state index is 4.67. The highest BCUT2D eigenvalue weighted by molar-refractivity contribution is 5.32. The number of rotatable bonds is 6. The minimum atomic E-state index is 0.215. The summed E-state index contributed by atoms with van der Waals surface area (Å²) in [6, 6.07) is 11.2. The number of benzene rings is 1. The van der Waals surface area contributed by atoms with Gasteiger partial charge in [0, 0.05) is 6.54 Å². The molecular weight excluding hydrogens is 246 g/mol. The van der Waals surface area contributed by atoms with Gasteiger partial charge < -0.3 is 5.32 Å². The van der Waals surface area contributed by atoms with E-state index in [1.807, 2.05) is 0 Å². The number of hydrogen-bond acceptors (Lipinski definition) is 2. The molecule has 1 heterocycles. The summed E-state index contributed by atoms with van der Waals surface area (Å²) >= 11 is 0. The average Bonchev–Trinajstić information content (AvgIpc) is 2.87. The summed E-state index contributed by atoms with van der Waals surface area (Å²) in [6.07, 6.45) is 0.979. The lowest BCUT2D eigenvalue weighted by molar-refractivity contribution is 0.540. The Labute approximate surface area is 122 Å². The second kappa shape index (κ2) is 6.71. The predicted molar refractivity (Wildman–Crippen MR) is 84.0 cm³/mol. The highest BCUT2D eigenvalue weighted by Crippen LogP contribution is 2.24. The molecule has 0 radical (unpaired) electrons. The molecule has 2 aromatic rings. The minimum Gasteiger partial charge on any atom is -0.305 e. The molecule has 2 rings (SSSR count). The average molecular weight is 271 g/mol. The van der Waals surface area contributed by atoms with E-state index in [-0.39, 0.29) is 6.04 Å².